The average Bonchev–Trinajstić information content (AvgIpc) is 2.83. The van der Waals surface area contributed by atoms with E-state index in [2.05, 4.69) is 49.0 Å². The van der Waals surface area contributed by atoms with Crippen LogP contribution in [0.3, 0.4) is 0 Å². The summed E-state index contributed by atoms with van der Waals surface area (Å²) in [5, 5.41) is 1.22. The van der Waals surface area contributed by atoms with Crippen LogP contribution in [0.25, 0.3) is 10.9 Å². The van der Waals surface area contributed by atoms with Gasteiger partial charge in [0.15, 0.2) is 0 Å². The van der Waals surface area contributed by atoms with Crippen molar-refractivity contribution in [1.82, 2.24) is 4.57 Å². The number of para-hydroxylation sites is 1. The maximum absolute atomic E-state index is 5.99. The molecule has 0 atom stereocenters. The lowest BCUT2D eigenvalue weighted by molar-refractivity contribution is 0.305. The molecule has 2 N–H and O–H groups in total. The van der Waals surface area contributed by atoms with Crippen LogP contribution >= 0.6 is 0 Å². The van der Waals surface area contributed by atoms with E-state index in [1.807, 2.05) is 18.2 Å². The Morgan fingerprint density at radius 2 is 1.86 bits per heavy atom. The van der Waals surface area contributed by atoms with Crippen molar-refractivity contribution in [1.29, 1.82) is 0 Å². The summed E-state index contributed by atoms with van der Waals surface area (Å²) in [6.45, 7) is 3.15. The molecule has 1 heterocycles. The first-order valence-corrected chi connectivity index (χ1v) is 7.15. The third-order valence-corrected chi connectivity index (χ3v) is 3.88. The number of hydrogen-bond donors (Lipinski definition) is 1. The third-order valence-electron chi connectivity index (χ3n) is 3.88. The Hall–Kier alpha value is -2.26. The van der Waals surface area contributed by atoms with Crippen LogP contribution < -0.4 is 10.5 Å². The van der Waals surface area contributed by atoms with Crippen LogP contribution in [0.2, 0.25) is 0 Å². The molecular weight excluding hydrogens is 260 g/mol. The summed E-state index contributed by atoms with van der Waals surface area (Å²) in [7, 11) is 2.06. The SMILES string of the molecule is Cc1ccccc1OCc1cn(C)c2cccc(CN)c12. The van der Waals surface area contributed by atoms with E-state index in [9.17, 15) is 0 Å². The molecule has 0 bridgehead atoms. The van der Waals surface area contributed by atoms with Crippen molar-refractivity contribution >= 4 is 10.9 Å². The van der Waals surface area contributed by atoms with Crippen LogP contribution in [0.5, 0.6) is 5.75 Å². The topological polar surface area (TPSA) is 40.2 Å². The molecular formula is C18H20N2O. The molecule has 3 nitrogen and oxygen atoms in total. The fourth-order valence-corrected chi connectivity index (χ4v) is 2.77. The molecule has 0 amide bonds. The van der Waals surface area contributed by atoms with E-state index >= 15 is 0 Å². The van der Waals surface area contributed by atoms with Gasteiger partial charge in [-0.2, -0.15) is 0 Å². The molecule has 0 aliphatic rings. The predicted molar refractivity (Wildman–Crippen MR) is 86.3 cm³/mol. The van der Waals surface area contributed by atoms with Crippen molar-refractivity contribution in [3.05, 3.63) is 65.4 Å². The van der Waals surface area contributed by atoms with Gasteiger partial charge >= 0.3 is 0 Å². The van der Waals surface area contributed by atoms with E-state index < -0.39 is 0 Å². The van der Waals surface area contributed by atoms with Crippen molar-refractivity contribution in [2.45, 2.75) is 20.1 Å². The standard InChI is InChI=1S/C18H20N2O/c1-13-6-3-4-9-17(13)21-12-15-11-20(2)16-8-5-7-14(10-19)18(15)16/h3-9,11H,10,12,19H2,1-2H3. The normalized spacial score (nSPS) is 11.0. The molecule has 3 aromatic rings. The average molecular weight is 280 g/mol. The van der Waals surface area contributed by atoms with E-state index in [4.69, 9.17) is 10.5 Å². The van der Waals surface area contributed by atoms with E-state index in [0.717, 1.165) is 16.9 Å². The molecule has 0 aliphatic carbocycles. The lowest BCUT2D eigenvalue weighted by atomic mass is 10.1. The molecule has 0 fully saturated rings. The Bertz CT molecular complexity index is 774. The first kappa shape index (κ1) is 13.7. The van der Waals surface area contributed by atoms with E-state index in [0.29, 0.717) is 13.2 Å². The van der Waals surface area contributed by atoms with Gasteiger partial charge in [-0.25, -0.2) is 0 Å². The predicted octanol–water partition coefficient (Wildman–Crippen LogP) is 3.52. The molecule has 1 aromatic heterocycles. The first-order valence-electron chi connectivity index (χ1n) is 7.15. The monoisotopic (exact) mass is 280 g/mol. The molecule has 0 radical (unpaired) electrons. The Morgan fingerprint density at radius 1 is 1.05 bits per heavy atom. The Balaban J connectivity index is 1.96. The number of hydrogen-bond acceptors (Lipinski definition) is 2. The number of nitrogens with zero attached hydrogens (tertiary/aromatic N) is 1. The zero-order valence-corrected chi connectivity index (χ0v) is 12.5. The zero-order valence-electron chi connectivity index (χ0n) is 12.5. The number of ether oxygens (including phenoxy) is 1. The second-order valence-corrected chi connectivity index (χ2v) is 5.33. The summed E-state index contributed by atoms with van der Waals surface area (Å²) < 4.78 is 8.12. The van der Waals surface area contributed by atoms with Crippen LogP contribution in [0.1, 0.15) is 16.7 Å². The summed E-state index contributed by atoms with van der Waals surface area (Å²) in [5.74, 6) is 0.930. The fourth-order valence-electron chi connectivity index (χ4n) is 2.77. The van der Waals surface area contributed by atoms with Gasteiger partial charge in [0.2, 0.25) is 0 Å². The van der Waals surface area contributed by atoms with Crippen molar-refractivity contribution < 1.29 is 4.74 Å². The molecule has 108 valence electrons. The largest absolute Gasteiger partial charge is 0.489 e. The molecule has 0 unspecified atom stereocenters. The van der Waals surface area contributed by atoms with Gasteiger partial charge in [0, 0.05) is 36.3 Å². The molecule has 3 rings (SSSR count). The minimum absolute atomic E-state index is 0.540. The van der Waals surface area contributed by atoms with Gasteiger partial charge in [-0.05, 0) is 30.2 Å². The molecule has 21 heavy (non-hydrogen) atoms. The van der Waals surface area contributed by atoms with Crippen molar-refractivity contribution in [3.63, 3.8) is 0 Å². The Labute approximate surface area is 125 Å². The summed E-state index contributed by atoms with van der Waals surface area (Å²) in [6, 6.07) is 14.3. The van der Waals surface area contributed by atoms with Gasteiger partial charge in [-0.3, -0.25) is 0 Å². The summed E-state index contributed by atoms with van der Waals surface area (Å²) in [6.07, 6.45) is 2.13. The van der Waals surface area contributed by atoms with Gasteiger partial charge < -0.3 is 15.0 Å². The van der Waals surface area contributed by atoms with Crippen molar-refractivity contribution in [2.24, 2.45) is 12.8 Å². The van der Waals surface area contributed by atoms with Crippen LogP contribution in [-0.4, -0.2) is 4.57 Å². The highest BCUT2D eigenvalue weighted by Crippen LogP contribution is 2.26. The Morgan fingerprint density at radius 3 is 2.62 bits per heavy atom. The smallest absolute Gasteiger partial charge is 0.122 e. The molecule has 3 heteroatoms. The van der Waals surface area contributed by atoms with Crippen molar-refractivity contribution in [2.75, 3.05) is 0 Å². The third kappa shape index (κ3) is 2.52. The molecule has 0 spiro atoms. The highest BCUT2D eigenvalue weighted by atomic mass is 16.5. The summed E-state index contributed by atoms with van der Waals surface area (Å²) in [5.41, 5.74) is 10.6. The summed E-state index contributed by atoms with van der Waals surface area (Å²) in [4.78, 5) is 0. The maximum Gasteiger partial charge on any atom is 0.122 e. The number of rotatable bonds is 4. The second-order valence-electron chi connectivity index (χ2n) is 5.33. The maximum atomic E-state index is 5.99. The van der Waals surface area contributed by atoms with Crippen LogP contribution in [0.15, 0.2) is 48.7 Å². The number of fused-ring (bicyclic) bond motifs is 1. The lowest BCUT2D eigenvalue weighted by Gasteiger charge is -2.09. The van der Waals surface area contributed by atoms with Gasteiger partial charge in [-0.15, -0.1) is 0 Å². The van der Waals surface area contributed by atoms with Crippen LogP contribution in [0, 0.1) is 6.92 Å². The highest BCUT2D eigenvalue weighted by Gasteiger charge is 2.11. The quantitative estimate of drug-likeness (QED) is 0.794. The van der Waals surface area contributed by atoms with Crippen LogP contribution in [0.4, 0.5) is 0 Å². The van der Waals surface area contributed by atoms with E-state index in [1.165, 1.54) is 16.5 Å². The van der Waals surface area contributed by atoms with Gasteiger partial charge in [0.25, 0.3) is 0 Å². The lowest BCUT2D eigenvalue weighted by Crippen LogP contribution is -2.00. The minimum Gasteiger partial charge on any atom is -0.489 e. The fraction of sp³-hybridized carbons (Fsp3) is 0.222. The number of aromatic nitrogens is 1. The summed E-state index contributed by atoms with van der Waals surface area (Å²) >= 11 is 0. The van der Waals surface area contributed by atoms with Crippen molar-refractivity contribution in [3.8, 4) is 5.75 Å². The van der Waals surface area contributed by atoms with Gasteiger partial charge in [0.1, 0.15) is 12.4 Å². The Kier molecular flexibility index (Phi) is 3.67. The minimum atomic E-state index is 0.540. The van der Waals surface area contributed by atoms with Gasteiger partial charge in [0.05, 0.1) is 0 Å². The second kappa shape index (κ2) is 5.62. The first-order chi connectivity index (χ1) is 10.2. The molecule has 0 saturated heterocycles. The number of nitrogens with two attached hydrogens (primary N) is 1. The number of aryl methyl sites for hydroxylation is 2. The van der Waals surface area contributed by atoms with Gasteiger partial charge in [-0.1, -0.05) is 30.3 Å². The zero-order chi connectivity index (χ0) is 14.8. The molecule has 2 aromatic carbocycles. The van der Waals surface area contributed by atoms with Crippen LogP contribution in [-0.2, 0) is 20.2 Å². The number of benzene rings is 2. The highest BCUT2D eigenvalue weighted by molar-refractivity contribution is 5.87. The van der Waals surface area contributed by atoms with E-state index in [-0.39, 0.29) is 0 Å². The molecule has 0 saturated carbocycles. The van der Waals surface area contributed by atoms with E-state index in [1.54, 1.807) is 0 Å². The molecule has 0 aliphatic heterocycles.